The van der Waals surface area contributed by atoms with Gasteiger partial charge in [0.05, 0.1) is 4.90 Å². The van der Waals surface area contributed by atoms with Gasteiger partial charge in [-0.1, -0.05) is 65.8 Å². The number of sulfonamides is 1. The van der Waals surface area contributed by atoms with Crippen molar-refractivity contribution in [3.8, 4) is 0 Å². The molecule has 0 unspecified atom stereocenters. The average molecular weight is 492 g/mol. The van der Waals surface area contributed by atoms with Gasteiger partial charge in [-0.3, -0.25) is 4.79 Å². The molecule has 0 bridgehead atoms. The molecular formula is C26H37NO4S2. The molecule has 0 heterocycles. The van der Waals surface area contributed by atoms with Gasteiger partial charge in [-0.2, -0.15) is 0 Å². The van der Waals surface area contributed by atoms with Crippen LogP contribution in [0.5, 0.6) is 0 Å². The molecule has 7 heteroatoms. The third-order valence-electron chi connectivity index (χ3n) is 5.56. The number of carboxylic acid groups (broad SMARTS) is 1. The highest BCUT2D eigenvalue weighted by atomic mass is 32.2. The van der Waals surface area contributed by atoms with Crippen LogP contribution in [0.15, 0.2) is 46.2 Å². The van der Waals surface area contributed by atoms with Gasteiger partial charge in [0.15, 0.2) is 0 Å². The summed E-state index contributed by atoms with van der Waals surface area (Å²) in [6, 6.07) is 11.9. The van der Waals surface area contributed by atoms with Crippen LogP contribution in [0.25, 0.3) is 0 Å². The number of benzene rings is 2. The molecule has 0 amide bonds. The molecule has 0 aromatic heterocycles. The van der Waals surface area contributed by atoms with Crippen LogP contribution in [-0.4, -0.2) is 31.8 Å². The second-order valence-corrected chi connectivity index (χ2v) is 12.1. The van der Waals surface area contributed by atoms with E-state index in [4.69, 9.17) is 5.11 Å². The predicted octanol–water partition coefficient (Wildman–Crippen LogP) is 6.14. The van der Waals surface area contributed by atoms with E-state index in [-0.39, 0.29) is 18.3 Å². The smallest absolute Gasteiger partial charge is 0.303 e. The zero-order valence-electron chi connectivity index (χ0n) is 20.5. The van der Waals surface area contributed by atoms with Crippen LogP contribution >= 0.6 is 11.8 Å². The Labute approximate surface area is 203 Å². The molecule has 0 aliphatic carbocycles. The third kappa shape index (κ3) is 7.87. The van der Waals surface area contributed by atoms with E-state index in [0.29, 0.717) is 29.5 Å². The van der Waals surface area contributed by atoms with Crippen LogP contribution in [0.3, 0.4) is 0 Å². The summed E-state index contributed by atoms with van der Waals surface area (Å²) < 4.78 is 29.6. The van der Waals surface area contributed by atoms with Gasteiger partial charge in [-0.25, -0.2) is 13.1 Å². The van der Waals surface area contributed by atoms with E-state index < -0.39 is 16.0 Å². The summed E-state index contributed by atoms with van der Waals surface area (Å²) in [6.45, 7) is 12.8. The maximum absolute atomic E-state index is 13.4. The van der Waals surface area contributed by atoms with E-state index in [1.165, 1.54) is 5.56 Å². The number of nitrogens with one attached hydrogen (secondary N) is 1. The first kappa shape index (κ1) is 27.4. The maximum Gasteiger partial charge on any atom is 0.303 e. The number of aliphatic carboxylic acids is 1. The van der Waals surface area contributed by atoms with E-state index >= 15 is 0 Å². The third-order valence-corrected chi connectivity index (χ3v) is 8.17. The van der Waals surface area contributed by atoms with E-state index in [9.17, 15) is 13.2 Å². The van der Waals surface area contributed by atoms with E-state index in [1.54, 1.807) is 11.8 Å². The van der Waals surface area contributed by atoms with E-state index in [0.717, 1.165) is 21.6 Å². The Kier molecular flexibility index (Phi) is 10.0. The Balaban J connectivity index is 2.12. The highest BCUT2D eigenvalue weighted by Crippen LogP contribution is 2.35. The fourth-order valence-electron chi connectivity index (χ4n) is 3.62. The zero-order chi connectivity index (χ0) is 24.8. The molecule has 2 aromatic rings. The Morgan fingerprint density at radius 2 is 1.48 bits per heavy atom. The molecule has 0 radical (unpaired) electrons. The molecule has 0 fully saturated rings. The van der Waals surface area contributed by atoms with Gasteiger partial charge in [0.2, 0.25) is 10.0 Å². The molecule has 0 aliphatic heterocycles. The van der Waals surface area contributed by atoms with Gasteiger partial charge in [-0.15, -0.1) is 11.8 Å². The standard InChI is InChI=1S/C26H37NO4S2/c1-17(2)21-15-23(18(3)4)26(24(16-21)19(5)6)33(30,31)27-13-14-32-22-10-7-20(8-11-22)9-12-25(28)29/h7-8,10-11,15-19,27H,9,12-14H2,1-6H3,(H,28,29). The molecule has 2 N–H and O–H groups in total. The quantitative estimate of drug-likeness (QED) is 0.275. The normalized spacial score (nSPS) is 12.2. The first-order valence-corrected chi connectivity index (χ1v) is 14.0. The molecule has 5 nitrogen and oxygen atoms in total. The van der Waals surface area contributed by atoms with Crippen molar-refractivity contribution in [3.05, 3.63) is 58.7 Å². The molecule has 2 aromatic carbocycles. The highest BCUT2D eigenvalue weighted by Gasteiger charge is 2.26. The lowest BCUT2D eigenvalue weighted by Gasteiger charge is -2.23. The fraction of sp³-hybridized carbons (Fsp3) is 0.500. The van der Waals surface area contributed by atoms with Crippen molar-refractivity contribution in [1.82, 2.24) is 4.72 Å². The van der Waals surface area contributed by atoms with E-state index in [2.05, 4.69) is 30.7 Å². The monoisotopic (exact) mass is 491 g/mol. The second-order valence-electron chi connectivity index (χ2n) is 9.28. The minimum absolute atomic E-state index is 0.0989. The molecule has 182 valence electrons. The predicted molar refractivity (Wildman–Crippen MR) is 137 cm³/mol. The molecule has 0 spiro atoms. The van der Waals surface area contributed by atoms with Crippen molar-refractivity contribution in [3.63, 3.8) is 0 Å². The molecule has 0 saturated heterocycles. The Morgan fingerprint density at radius 3 is 1.94 bits per heavy atom. The van der Waals surface area contributed by atoms with Crippen molar-refractivity contribution in [2.45, 2.75) is 81.9 Å². The number of rotatable bonds is 12. The summed E-state index contributed by atoms with van der Waals surface area (Å²) in [5, 5.41) is 8.79. The van der Waals surface area contributed by atoms with Gasteiger partial charge in [0.25, 0.3) is 0 Å². The van der Waals surface area contributed by atoms with Crippen molar-refractivity contribution in [2.24, 2.45) is 0 Å². The molecule has 0 saturated carbocycles. The van der Waals surface area contributed by atoms with Gasteiger partial charge in [-0.05, 0) is 58.6 Å². The first-order valence-electron chi connectivity index (χ1n) is 11.5. The van der Waals surface area contributed by atoms with Crippen LogP contribution in [0.4, 0.5) is 0 Å². The number of aryl methyl sites for hydroxylation is 1. The minimum Gasteiger partial charge on any atom is -0.481 e. The van der Waals surface area contributed by atoms with Crippen LogP contribution in [0, 0.1) is 0 Å². The number of thioether (sulfide) groups is 1. The molecule has 0 atom stereocenters. The minimum atomic E-state index is -3.65. The lowest BCUT2D eigenvalue weighted by molar-refractivity contribution is -0.136. The first-order chi connectivity index (χ1) is 15.4. The van der Waals surface area contributed by atoms with Crippen LogP contribution in [-0.2, 0) is 21.2 Å². The summed E-state index contributed by atoms with van der Waals surface area (Å²) >= 11 is 1.57. The van der Waals surface area contributed by atoms with Gasteiger partial charge >= 0.3 is 5.97 Å². The van der Waals surface area contributed by atoms with Gasteiger partial charge in [0, 0.05) is 23.6 Å². The van der Waals surface area contributed by atoms with Crippen LogP contribution in [0.2, 0.25) is 0 Å². The van der Waals surface area contributed by atoms with Crippen LogP contribution in [0.1, 0.15) is 88.0 Å². The fourth-order valence-corrected chi connectivity index (χ4v) is 6.24. The van der Waals surface area contributed by atoms with Crippen molar-refractivity contribution in [2.75, 3.05) is 12.3 Å². The number of carboxylic acids is 1. The molecule has 33 heavy (non-hydrogen) atoms. The topological polar surface area (TPSA) is 83.5 Å². The van der Waals surface area contributed by atoms with Crippen molar-refractivity contribution >= 4 is 27.8 Å². The zero-order valence-corrected chi connectivity index (χ0v) is 22.1. The van der Waals surface area contributed by atoms with E-state index in [1.807, 2.05) is 52.0 Å². The van der Waals surface area contributed by atoms with Crippen molar-refractivity contribution in [1.29, 1.82) is 0 Å². The Hall–Kier alpha value is -1.83. The molecule has 2 rings (SSSR count). The highest BCUT2D eigenvalue weighted by molar-refractivity contribution is 7.99. The van der Waals surface area contributed by atoms with Crippen LogP contribution < -0.4 is 4.72 Å². The number of hydrogen-bond acceptors (Lipinski definition) is 4. The summed E-state index contributed by atoms with van der Waals surface area (Å²) in [5.74, 6) is 0.326. The van der Waals surface area contributed by atoms with Gasteiger partial charge < -0.3 is 5.11 Å². The maximum atomic E-state index is 13.4. The average Bonchev–Trinajstić information content (AvgIpc) is 2.74. The lowest BCUT2D eigenvalue weighted by Crippen LogP contribution is -2.28. The largest absolute Gasteiger partial charge is 0.481 e. The SMILES string of the molecule is CC(C)c1cc(C(C)C)c(S(=O)(=O)NCCSc2ccc(CCC(=O)O)cc2)c(C(C)C)c1. The second kappa shape index (κ2) is 12.0. The Bertz CT molecular complexity index is 1010. The van der Waals surface area contributed by atoms with Crippen molar-refractivity contribution < 1.29 is 18.3 Å². The van der Waals surface area contributed by atoms with Gasteiger partial charge in [0.1, 0.15) is 0 Å². The molecule has 0 aliphatic rings. The lowest BCUT2D eigenvalue weighted by atomic mass is 9.89. The molecular weight excluding hydrogens is 454 g/mol. The number of carbonyl (C=O) groups is 1. The summed E-state index contributed by atoms with van der Waals surface area (Å²) in [4.78, 5) is 12.2. The summed E-state index contributed by atoms with van der Waals surface area (Å²) in [6.07, 6.45) is 0.620. The number of hydrogen-bond donors (Lipinski definition) is 2. The summed E-state index contributed by atoms with van der Waals surface area (Å²) in [7, 11) is -3.65. The Morgan fingerprint density at radius 1 is 0.939 bits per heavy atom. The summed E-state index contributed by atoms with van der Waals surface area (Å²) in [5.41, 5.74) is 3.91.